The molecular formula is C15H21N3O2S. The number of rotatable bonds is 3. The molecule has 1 fully saturated rings. The second kappa shape index (κ2) is 6.39. The van der Waals surface area contributed by atoms with Crippen LogP contribution in [0.4, 0.5) is 4.79 Å². The van der Waals surface area contributed by atoms with Gasteiger partial charge in [0.1, 0.15) is 0 Å². The number of nitrogens with zero attached hydrogens (tertiary/aromatic N) is 1. The Labute approximate surface area is 129 Å². The Bertz CT molecular complexity index is 528. The molecule has 0 aromatic heterocycles. The van der Waals surface area contributed by atoms with Gasteiger partial charge in [-0.15, -0.1) is 0 Å². The van der Waals surface area contributed by atoms with Gasteiger partial charge >= 0.3 is 6.03 Å². The topological polar surface area (TPSA) is 75.4 Å². The maximum Gasteiger partial charge on any atom is 0.312 e. The summed E-state index contributed by atoms with van der Waals surface area (Å²) in [6.45, 7) is 6.25. The first-order chi connectivity index (χ1) is 9.87. The Morgan fingerprint density at radius 3 is 2.57 bits per heavy atom. The normalized spacial score (nSPS) is 17.3. The molecule has 5 nitrogen and oxygen atoms in total. The molecule has 1 aromatic carbocycles. The molecule has 1 aliphatic rings. The third-order valence-corrected chi connectivity index (χ3v) is 4.68. The van der Waals surface area contributed by atoms with Gasteiger partial charge in [-0.3, -0.25) is 4.79 Å². The number of urea groups is 1. The summed E-state index contributed by atoms with van der Waals surface area (Å²) in [5, 5.41) is 2.53. The zero-order valence-electron chi connectivity index (χ0n) is 12.4. The van der Waals surface area contributed by atoms with Gasteiger partial charge in [0.25, 0.3) is 5.91 Å². The summed E-state index contributed by atoms with van der Waals surface area (Å²) < 4.78 is 0.110. The van der Waals surface area contributed by atoms with Gasteiger partial charge in [-0.2, -0.15) is 11.8 Å². The van der Waals surface area contributed by atoms with Crippen LogP contribution in [0.1, 0.15) is 29.8 Å². The zero-order valence-corrected chi connectivity index (χ0v) is 13.2. The highest BCUT2D eigenvalue weighted by molar-refractivity contribution is 8.00. The molecule has 3 amide bonds. The van der Waals surface area contributed by atoms with Crippen molar-refractivity contribution in [2.24, 2.45) is 5.73 Å². The van der Waals surface area contributed by atoms with Gasteiger partial charge in [-0.1, -0.05) is 12.1 Å². The first-order valence-corrected chi connectivity index (χ1v) is 7.91. The molecule has 3 N–H and O–H groups in total. The Morgan fingerprint density at radius 1 is 1.33 bits per heavy atom. The first-order valence-electron chi connectivity index (χ1n) is 6.93. The highest BCUT2D eigenvalue weighted by Gasteiger charge is 2.30. The smallest absolute Gasteiger partial charge is 0.312 e. The fourth-order valence-electron chi connectivity index (χ4n) is 2.33. The van der Waals surface area contributed by atoms with Crippen molar-refractivity contribution in [1.29, 1.82) is 0 Å². The number of nitrogens with one attached hydrogen (secondary N) is 1. The summed E-state index contributed by atoms with van der Waals surface area (Å²) in [5.74, 6) is 1.04. The van der Waals surface area contributed by atoms with Crippen molar-refractivity contribution < 1.29 is 9.59 Å². The monoisotopic (exact) mass is 307 g/mol. The van der Waals surface area contributed by atoms with E-state index in [1.807, 2.05) is 28.8 Å². The second-order valence-electron chi connectivity index (χ2n) is 5.75. The molecule has 2 rings (SSSR count). The summed E-state index contributed by atoms with van der Waals surface area (Å²) in [6.07, 6.45) is 0. The molecule has 0 spiro atoms. The third-order valence-electron chi connectivity index (χ3n) is 3.38. The van der Waals surface area contributed by atoms with Gasteiger partial charge in [-0.05, 0) is 31.5 Å². The van der Waals surface area contributed by atoms with Crippen molar-refractivity contribution in [3.63, 3.8) is 0 Å². The molecule has 1 heterocycles. The summed E-state index contributed by atoms with van der Waals surface area (Å²) in [6, 6.07) is 6.73. The van der Waals surface area contributed by atoms with Crippen LogP contribution in [0.15, 0.2) is 24.3 Å². The Morgan fingerprint density at radius 2 is 2.00 bits per heavy atom. The molecule has 1 saturated heterocycles. The molecule has 0 aliphatic carbocycles. The minimum absolute atomic E-state index is 0.0674. The summed E-state index contributed by atoms with van der Waals surface area (Å²) in [5.41, 5.74) is 6.63. The fraction of sp³-hybridized carbons (Fsp3) is 0.467. The number of benzene rings is 1. The Kier molecular flexibility index (Phi) is 4.77. The van der Waals surface area contributed by atoms with Crippen LogP contribution in [-0.2, 0) is 6.54 Å². The molecular weight excluding hydrogens is 286 g/mol. The Balaban J connectivity index is 2.01. The second-order valence-corrected chi connectivity index (χ2v) is 7.55. The minimum Gasteiger partial charge on any atom is -0.352 e. The lowest BCUT2D eigenvalue weighted by atomic mass is 10.1. The largest absolute Gasteiger partial charge is 0.352 e. The number of carbonyl (C=O) groups excluding carboxylic acids is 2. The summed E-state index contributed by atoms with van der Waals surface area (Å²) in [4.78, 5) is 25.1. The van der Waals surface area contributed by atoms with E-state index in [1.54, 1.807) is 12.1 Å². The summed E-state index contributed by atoms with van der Waals surface area (Å²) >= 11 is 1.90. The minimum atomic E-state index is -0.553. The number of hydrogen-bond donors (Lipinski definition) is 2. The van der Waals surface area contributed by atoms with Crippen molar-refractivity contribution in [3.05, 3.63) is 35.4 Å². The predicted octanol–water partition coefficient (Wildman–Crippen LogP) is 1.82. The lowest BCUT2D eigenvalue weighted by molar-refractivity contribution is 0.0748. The van der Waals surface area contributed by atoms with E-state index in [2.05, 4.69) is 19.2 Å². The lowest BCUT2D eigenvalue weighted by Gasteiger charge is -2.37. The van der Waals surface area contributed by atoms with Gasteiger partial charge in [-0.25, -0.2) is 4.79 Å². The van der Waals surface area contributed by atoms with E-state index in [4.69, 9.17) is 5.73 Å². The van der Waals surface area contributed by atoms with E-state index in [0.717, 1.165) is 24.4 Å². The van der Waals surface area contributed by atoms with Crippen LogP contribution < -0.4 is 11.1 Å². The highest BCUT2D eigenvalue weighted by atomic mass is 32.2. The molecule has 21 heavy (non-hydrogen) atoms. The first kappa shape index (κ1) is 15.7. The quantitative estimate of drug-likeness (QED) is 0.894. The van der Waals surface area contributed by atoms with Gasteiger partial charge in [0.15, 0.2) is 0 Å². The van der Waals surface area contributed by atoms with Crippen LogP contribution in [0.2, 0.25) is 0 Å². The van der Waals surface area contributed by atoms with E-state index in [1.165, 1.54) is 0 Å². The van der Waals surface area contributed by atoms with Gasteiger partial charge < -0.3 is 16.0 Å². The Hall–Kier alpha value is -1.69. The predicted molar refractivity (Wildman–Crippen MR) is 85.3 cm³/mol. The molecule has 0 atom stereocenters. The van der Waals surface area contributed by atoms with Crippen molar-refractivity contribution in [3.8, 4) is 0 Å². The van der Waals surface area contributed by atoms with E-state index in [0.29, 0.717) is 12.1 Å². The number of nitrogens with two attached hydrogens (primary N) is 1. The van der Waals surface area contributed by atoms with E-state index < -0.39 is 6.03 Å². The summed E-state index contributed by atoms with van der Waals surface area (Å²) in [7, 11) is 0. The SMILES string of the molecule is CC1(C)CN(C(=O)c2ccc(CNC(N)=O)cc2)CCS1. The third kappa shape index (κ3) is 4.39. The molecule has 6 heteroatoms. The molecule has 0 unspecified atom stereocenters. The maximum atomic E-state index is 12.5. The van der Waals surface area contributed by atoms with Crippen molar-refractivity contribution in [1.82, 2.24) is 10.2 Å². The number of hydrogen-bond acceptors (Lipinski definition) is 3. The van der Waals surface area contributed by atoms with E-state index in [-0.39, 0.29) is 10.7 Å². The van der Waals surface area contributed by atoms with Gasteiger partial charge in [0.2, 0.25) is 0 Å². The molecule has 0 saturated carbocycles. The number of carbonyl (C=O) groups is 2. The van der Waals surface area contributed by atoms with Gasteiger partial charge in [0, 0.05) is 35.7 Å². The van der Waals surface area contributed by atoms with Crippen LogP contribution in [0, 0.1) is 0 Å². The fourth-order valence-corrected chi connectivity index (χ4v) is 3.44. The number of primary amides is 1. The average molecular weight is 307 g/mol. The number of thioether (sulfide) groups is 1. The maximum absolute atomic E-state index is 12.5. The van der Waals surface area contributed by atoms with Crippen molar-refractivity contribution in [2.45, 2.75) is 25.1 Å². The molecule has 114 valence electrons. The van der Waals surface area contributed by atoms with Crippen LogP contribution in [-0.4, -0.2) is 40.4 Å². The van der Waals surface area contributed by atoms with E-state index >= 15 is 0 Å². The van der Waals surface area contributed by atoms with Crippen LogP contribution >= 0.6 is 11.8 Å². The average Bonchev–Trinajstić information content (AvgIpc) is 2.44. The zero-order chi connectivity index (χ0) is 15.5. The molecule has 0 bridgehead atoms. The van der Waals surface area contributed by atoms with Crippen LogP contribution in [0.5, 0.6) is 0 Å². The van der Waals surface area contributed by atoms with Crippen LogP contribution in [0.25, 0.3) is 0 Å². The highest BCUT2D eigenvalue weighted by Crippen LogP contribution is 2.30. The lowest BCUT2D eigenvalue weighted by Crippen LogP contribution is -2.46. The van der Waals surface area contributed by atoms with Crippen molar-refractivity contribution >= 4 is 23.7 Å². The molecule has 1 aliphatic heterocycles. The van der Waals surface area contributed by atoms with Gasteiger partial charge in [0.05, 0.1) is 0 Å². The molecule has 1 aromatic rings. The molecule has 0 radical (unpaired) electrons. The van der Waals surface area contributed by atoms with E-state index in [9.17, 15) is 9.59 Å². The van der Waals surface area contributed by atoms with Crippen molar-refractivity contribution in [2.75, 3.05) is 18.8 Å². The van der Waals surface area contributed by atoms with Crippen LogP contribution in [0.3, 0.4) is 0 Å². The standard InChI is InChI=1S/C15H21N3O2S/c1-15(2)10-18(7-8-21-15)13(19)12-5-3-11(4-6-12)9-17-14(16)20/h3-6H,7-10H2,1-2H3,(H3,16,17,20). The number of amides is 3.